The second kappa shape index (κ2) is 7.57. The minimum absolute atomic E-state index is 0.0972. The molecule has 0 bridgehead atoms. The lowest BCUT2D eigenvalue weighted by Gasteiger charge is -2.12. The molecule has 0 saturated heterocycles. The monoisotopic (exact) mass is 362 g/mol. The number of amides is 1. The van der Waals surface area contributed by atoms with Crippen molar-refractivity contribution in [1.82, 2.24) is 4.90 Å². The normalized spacial score (nSPS) is 11.0. The number of sulfonamides is 1. The van der Waals surface area contributed by atoms with Gasteiger partial charge in [0, 0.05) is 19.8 Å². The molecule has 134 valence electrons. The van der Waals surface area contributed by atoms with Gasteiger partial charge < -0.3 is 9.64 Å². The molecule has 0 heterocycles. The van der Waals surface area contributed by atoms with E-state index in [1.54, 1.807) is 26.2 Å². The highest BCUT2D eigenvalue weighted by atomic mass is 32.2. The maximum Gasteiger partial charge on any atom is 0.261 e. The van der Waals surface area contributed by atoms with E-state index >= 15 is 0 Å². The minimum Gasteiger partial charge on any atom is -0.484 e. The van der Waals surface area contributed by atoms with Crippen LogP contribution in [0.25, 0.3) is 0 Å². The molecule has 0 spiro atoms. The molecule has 0 saturated carbocycles. The SMILES string of the molecule is Cc1ccc(NS(=O)(=O)c2ccc(OCC(=O)N(C)C)cc2)cc1C. The van der Waals surface area contributed by atoms with Crippen molar-refractivity contribution < 1.29 is 17.9 Å². The maximum absolute atomic E-state index is 12.5. The van der Waals surface area contributed by atoms with Gasteiger partial charge in [-0.3, -0.25) is 9.52 Å². The molecule has 0 aliphatic carbocycles. The smallest absolute Gasteiger partial charge is 0.261 e. The molecule has 0 unspecified atom stereocenters. The number of ether oxygens (including phenoxy) is 1. The summed E-state index contributed by atoms with van der Waals surface area (Å²) in [5.74, 6) is 0.258. The molecule has 6 nitrogen and oxygen atoms in total. The zero-order valence-corrected chi connectivity index (χ0v) is 15.6. The molecule has 0 aliphatic heterocycles. The predicted octanol–water partition coefficient (Wildman–Crippen LogP) is 2.57. The number of nitrogens with one attached hydrogen (secondary N) is 1. The van der Waals surface area contributed by atoms with Gasteiger partial charge in [-0.25, -0.2) is 8.42 Å². The molecule has 0 aliphatic rings. The van der Waals surface area contributed by atoms with Crippen LogP contribution in [0.5, 0.6) is 5.75 Å². The summed E-state index contributed by atoms with van der Waals surface area (Å²) in [6, 6.07) is 11.3. The first-order valence-corrected chi connectivity index (χ1v) is 9.20. The summed E-state index contributed by atoms with van der Waals surface area (Å²) in [7, 11) is -0.408. The Hall–Kier alpha value is -2.54. The van der Waals surface area contributed by atoms with Gasteiger partial charge in [0.1, 0.15) is 5.75 Å². The van der Waals surface area contributed by atoms with Gasteiger partial charge in [-0.05, 0) is 61.4 Å². The summed E-state index contributed by atoms with van der Waals surface area (Å²) in [6.45, 7) is 3.79. The third kappa shape index (κ3) is 4.96. The van der Waals surface area contributed by atoms with Crippen LogP contribution < -0.4 is 9.46 Å². The number of likely N-dealkylation sites (N-methyl/N-ethyl adjacent to an activating group) is 1. The Kier molecular flexibility index (Phi) is 5.69. The molecule has 25 heavy (non-hydrogen) atoms. The van der Waals surface area contributed by atoms with E-state index in [4.69, 9.17) is 4.74 Å². The standard InChI is InChI=1S/C18H22N2O4S/c1-13-5-6-15(11-14(13)2)19-25(22,23)17-9-7-16(8-10-17)24-12-18(21)20(3)4/h5-11,19H,12H2,1-4H3. The quantitative estimate of drug-likeness (QED) is 0.857. The van der Waals surface area contributed by atoms with Gasteiger partial charge in [-0.15, -0.1) is 0 Å². The zero-order chi connectivity index (χ0) is 18.6. The molecule has 1 amide bonds. The Morgan fingerprint density at radius 2 is 1.68 bits per heavy atom. The van der Waals surface area contributed by atoms with E-state index in [9.17, 15) is 13.2 Å². The lowest BCUT2D eigenvalue weighted by atomic mass is 10.1. The number of hydrogen-bond acceptors (Lipinski definition) is 4. The number of rotatable bonds is 6. The molecule has 0 radical (unpaired) electrons. The summed E-state index contributed by atoms with van der Waals surface area (Å²) in [4.78, 5) is 13.0. The Balaban J connectivity index is 2.09. The van der Waals surface area contributed by atoms with E-state index in [-0.39, 0.29) is 17.4 Å². The summed E-state index contributed by atoms with van der Waals surface area (Å²) >= 11 is 0. The summed E-state index contributed by atoms with van der Waals surface area (Å²) in [5.41, 5.74) is 2.62. The lowest BCUT2D eigenvalue weighted by molar-refractivity contribution is -0.130. The van der Waals surface area contributed by atoms with Gasteiger partial charge in [-0.1, -0.05) is 6.07 Å². The third-order valence-electron chi connectivity index (χ3n) is 3.75. The van der Waals surface area contributed by atoms with E-state index in [0.717, 1.165) is 11.1 Å². The number of carbonyl (C=O) groups excluding carboxylic acids is 1. The molecule has 2 aromatic rings. The van der Waals surface area contributed by atoms with Crippen molar-refractivity contribution in [3.8, 4) is 5.75 Å². The van der Waals surface area contributed by atoms with Crippen LogP contribution in [-0.2, 0) is 14.8 Å². The Morgan fingerprint density at radius 1 is 1.04 bits per heavy atom. The molecule has 7 heteroatoms. The number of carbonyl (C=O) groups is 1. The van der Waals surface area contributed by atoms with Gasteiger partial charge in [0.15, 0.2) is 6.61 Å². The van der Waals surface area contributed by atoms with Crippen LogP contribution in [0.2, 0.25) is 0 Å². The second-order valence-corrected chi connectivity index (χ2v) is 7.64. The molecule has 0 atom stereocenters. The molecule has 2 aromatic carbocycles. The van der Waals surface area contributed by atoms with Gasteiger partial charge in [0.25, 0.3) is 15.9 Å². The van der Waals surface area contributed by atoms with Crippen LogP contribution in [-0.4, -0.2) is 39.9 Å². The summed E-state index contributed by atoms with van der Waals surface area (Å²) in [5, 5.41) is 0. The van der Waals surface area contributed by atoms with Crippen molar-refractivity contribution in [3.05, 3.63) is 53.6 Å². The van der Waals surface area contributed by atoms with E-state index in [1.165, 1.54) is 29.2 Å². The fourth-order valence-electron chi connectivity index (χ4n) is 2.01. The highest BCUT2D eigenvalue weighted by molar-refractivity contribution is 7.92. The van der Waals surface area contributed by atoms with E-state index in [0.29, 0.717) is 11.4 Å². The van der Waals surface area contributed by atoms with Crippen LogP contribution in [0.3, 0.4) is 0 Å². The highest BCUT2D eigenvalue weighted by Crippen LogP contribution is 2.21. The van der Waals surface area contributed by atoms with Crippen LogP contribution in [0, 0.1) is 13.8 Å². The van der Waals surface area contributed by atoms with Crippen molar-refractivity contribution in [2.45, 2.75) is 18.7 Å². The van der Waals surface area contributed by atoms with Crippen molar-refractivity contribution in [1.29, 1.82) is 0 Å². The molecular weight excluding hydrogens is 340 g/mol. The first-order valence-electron chi connectivity index (χ1n) is 7.72. The predicted molar refractivity (Wildman–Crippen MR) is 97.4 cm³/mol. The maximum atomic E-state index is 12.5. The largest absolute Gasteiger partial charge is 0.484 e. The molecule has 0 fully saturated rings. The van der Waals surface area contributed by atoms with Crippen LogP contribution >= 0.6 is 0 Å². The Morgan fingerprint density at radius 3 is 2.24 bits per heavy atom. The highest BCUT2D eigenvalue weighted by Gasteiger charge is 2.15. The van der Waals surface area contributed by atoms with Gasteiger partial charge >= 0.3 is 0 Å². The zero-order valence-electron chi connectivity index (χ0n) is 14.7. The molecular formula is C18H22N2O4S. The fraction of sp³-hybridized carbons (Fsp3) is 0.278. The third-order valence-corrected chi connectivity index (χ3v) is 5.15. The number of benzene rings is 2. The van der Waals surface area contributed by atoms with Crippen molar-refractivity contribution in [3.63, 3.8) is 0 Å². The van der Waals surface area contributed by atoms with Gasteiger partial charge in [0.05, 0.1) is 4.90 Å². The second-order valence-electron chi connectivity index (χ2n) is 5.95. The average Bonchev–Trinajstić information content (AvgIpc) is 2.56. The first-order chi connectivity index (χ1) is 11.7. The number of anilines is 1. The van der Waals surface area contributed by atoms with Crippen LogP contribution in [0.1, 0.15) is 11.1 Å². The number of hydrogen-bond donors (Lipinski definition) is 1. The van der Waals surface area contributed by atoms with E-state index in [1.807, 2.05) is 19.9 Å². The van der Waals surface area contributed by atoms with Crippen LogP contribution in [0.4, 0.5) is 5.69 Å². The Bertz CT molecular complexity index is 859. The van der Waals surface area contributed by atoms with Gasteiger partial charge in [0.2, 0.25) is 0 Å². The fourth-order valence-corrected chi connectivity index (χ4v) is 3.06. The van der Waals surface area contributed by atoms with E-state index < -0.39 is 10.0 Å². The van der Waals surface area contributed by atoms with Crippen LogP contribution in [0.15, 0.2) is 47.4 Å². The first kappa shape index (κ1) is 18.8. The van der Waals surface area contributed by atoms with Gasteiger partial charge in [-0.2, -0.15) is 0 Å². The number of nitrogens with zero attached hydrogens (tertiary/aromatic N) is 1. The Labute approximate surface area is 148 Å². The molecule has 2 rings (SSSR count). The van der Waals surface area contributed by atoms with Crippen molar-refractivity contribution in [2.24, 2.45) is 0 Å². The summed E-state index contributed by atoms with van der Waals surface area (Å²) in [6.07, 6.45) is 0. The minimum atomic E-state index is -3.69. The topological polar surface area (TPSA) is 75.7 Å². The molecule has 0 aromatic heterocycles. The average molecular weight is 362 g/mol. The van der Waals surface area contributed by atoms with E-state index in [2.05, 4.69) is 4.72 Å². The van der Waals surface area contributed by atoms with Crippen molar-refractivity contribution in [2.75, 3.05) is 25.4 Å². The summed E-state index contributed by atoms with van der Waals surface area (Å²) < 4.78 is 32.8. The number of aryl methyl sites for hydroxylation is 2. The molecule has 1 N–H and O–H groups in total. The van der Waals surface area contributed by atoms with Crippen molar-refractivity contribution >= 4 is 21.6 Å². The lowest BCUT2D eigenvalue weighted by Crippen LogP contribution is -2.27.